The van der Waals surface area contributed by atoms with Gasteiger partial charge in [0.1, 0.15) is 18.4 Å². The summed E-state index contributed by atoms with van der Waals surface area (Å²) in [6.07, 6.45) is -1.14. The molecule has 4 aromatic rings. The van der Waals surface area contributed by atoms with Gasteiger partial charge in [-0.15, -0.1) is 0 Å². The number of hydrogen-bond acceptors (Lipinski definition) is 5. The van der Waals surface area contributed by atoms with Crippen LogP contribution in [0.1, 0.15) is 16.7 Å². The number of benzene rings is 4. The zero-order chi connectivity index (χ0) is 26.0. The van der Waals surface area contributed by atoms with Crippen LogP contribution in [-0.4, -0.2) is 38.5 Å². The Labute approximate surface area is 221 Å². The van der Waals surface area contributed by atoms with E-state index >= 15 is 0 Å². The molecule has 1 unspecified atom stereocenters. The van der Waals surface area contributed by atoms with Crippen LogP contribution in [0.15, 0.2) is 107 Å². The van der Waals surface area contributed by atoms with E-state index in [2.05, 4.69) is 5.16 Å². The zero-order valence-electron chi connectivity index (χ0n) is 20.1. The van der Waals surface area contributed by atoms with Gasteiger partial charge in [-0.2, -0.15) is 0 Å². The second-order valence-electron chi connectivity index (χ2n) is 8.76. The molecule has 0 aromatic heterocycles. The van der Waals surface area contributed by atoms with E-state index in [4.69, 9.17) is 16.4 Å². The molecule has 0 aliphatic heterocycles. The minimum Gasteiger partial charge on any atom is -0.392 e. The van der Waals surface area contributed by atoms with Crippen LogP contribution in [0.2, 0.25) is 5.02 Å². The summed E-state index contributed by atoms with van der Waals surface area (Å²) in [6.45, 7) is 1.42. The normalized spacial score (nSPS) is 13.0. The molecule has 0 spiro atoms. The van der Waals surface area contributed by atoms with Crippen LogP contribution in [0.5, 0.6) is 0 Å². The van der Waals surface area contributed by atoms with Crippen LogP contribution in [0, 0.1) is 6.92 Å². The molecule has 6 nitrogen and oxygen atoms in total. The Kier molecular flexibility index (Phi) is 7.02. The highest BCUT2D eigenvalue weighted by molar-refractivity contribution is 7.92. The fourth-order valence-corrected chi connectivity index (χ4v) is 6.12. The van der Waals surface area contributed by atoms with Crippen molar-refractivity contribution in [1.82, 2.24) is 0 Å². The maximum atomic E-state index is 13.6. The van der Waals surface area contributed by atoms with Crippen LogP contribution in [0.3, 0.4) is 0 Å². The lowest BCUT2D eigenvalue weighted by molar-refractivity contribution is 0.0456. The Morgan fingerprint density at radius 1 is 0.838 bits per heavy atom. The molecule has 0 saturated heterocycles. The minimum absolute atomic E-state index is 0.0766. The highest BCUT2D eigenvalue weighted by Gasteiger charge is 2.29. The molecular weight excluding hydrogens is 508 g/mol. The number of nitrogens with zero attached hydrogens (tertiary/aromatic N) is 2. The predicted molar refractivity (Wildman–Crippen MR) is 147 cm³/mol. The van der Waals surface area contributed by atoms with Gasteiger partial charge >= 0.3 is 0 Å². The van der Waals surface area contributed by atoms with Crippen LogP contribution in [0.25, 0.3) is 11.1 Å². The zero-order valence-corrected chi connectivity index (χ0v) is 21.7. The lowest BCUT2D eigenvalue weighted by Gasteiger charge is -2.28. The van der Waals surface area contributed by atoms with Gasteiger partial charge in [-0.25, -0.2) is 8.42 Å². The number of aryl methyl sites for hydroxylation is 1. The summed E-state index contributed by atoms with van der Waals surface area (Å²) in [7, 11) is -3.99. The molecule has 0 heterocycles. The quantitative estimate of drug-likeness (QED) is 0.262. The van der Waals surface area contributed by atoms with Gasteiger partial charge < -0.3 is 9.94 Å². The second-order valence-corrected chi connectivity index (χ2v) is 11.1. The van der Waals surface area contributed by atoms with Gasteiger partial charge in [0.05, 0.1) is 17.1 Å². The van der Waals surface area contributed by atoms with E-state index in [1.54, 1.807) is 12.1 Å². The van der Waals surface area contributed by atoms with Crippen LogP contribution in [-0.2, 0) is 14.9 Å². The van der Waals surface area contributed by atoms with Crippen molar-refractivity contribution in [3.05, 3.63) is 119 Å². The van der Waals surface area contributed by atoms with Crippen molar-refractivity contribution < 1.29 is 18.4 Å². The van der Waals surface area contributed by atoms with E-state index in [-0.39, 0.29) is 18.0 Å². The number of para-hydroxylation sites is 1. The van der Waals surface area contributed by atoms with Crippen LogP contribution < -0.4 is 4.31 Å². The smallest absolute Gasteiger partial charge is 0.264 e. The summed E-state index contributed by atoms with van der Waals surface area (Å²) < 4.78 is 28.4. The first-order valence-corrected chi connectivity index (χ1v) is 13.6. The summed E-state index contributed by atoms with van der Waals surface area (Å²) >= 11 is 5.96. The summed E-state index contributed by atoms with van der Waals surface area (Å²) in [4.78, 5) is 5.67. The molecule has 1 N–H and O–H groups in total. The topological polar surface area (TPSA) is 79.2 Å². The SMILES string of the molecule is Cc1ccccc1N(CC(O)CON=C1c2ccccc2-c2ccccc21)S(=O)(=O)c1ccc(Cl)cc1. The van der Waals surface area contributed by atoms with Crippen molar-refractivity contribution in [2.75, 3.05) is 17.5 Å². The maximum absolute atomic E-state index is 13.6. The highest BCUT2D eigenvalue weighted by atomic mass is 35.5. The van der Waals surface area contributed by atoms with Gasteiger partial charge in [-0.1, -0.05) is 83.5 Å². The maximum Gasteiger partial charge on any atom is 0.264 e. The Balaban J connectivity index is 1.39. The number of fused-ring (bicyclic) bond motifs is 3. The first-order chi connectivity index (χ1) is 17.9. The lowest BCUT2D eigenvalue weighted by Crippen LogP contribution is -2.39. The van der Waals surface area contributed by atoms with Gasteiger partial charge in [0.15, 0.2) is 0 Å². The van der Waals surface area contributed by atoms with Crippen molar-refractivity contribution in [2.24, 2.45) is 5.16 Å². The van der Waals surface area contributed by atoms with E-state index < -0.39 is 16.1 Å². The van der Waals surface area contributed by atoms with Crippen molar-refractivity contribution in [3.63, 3.8) is 0 Å². The van der Waals surface area contributed by atoms with Gasteiger partial charge in [-0.05, 0) is 53.9 Å². The molecule has 1 aliphatic carbocycles. The molecule has 0 fully saturated rings. The van der Waals surface area contributed by atoms with E-state index in [0.717, 1.165) is 27.8 Å². The van der Waals surface area contributed by atoms with Gasteiger partial charge in [0, 0.05) is 16.1 Å². The Hall–Kier alpha value is -3.65. The Bertz CT molecular complexity index is 1520. The molecule has 0 saturated carbocycles. The Morgan fingerprint density at radius 3 is 1.97 bits per heavy atom. The van der Waals surface area contributed by atoms with E-state index in [0.29, 0.717) is 16.4 Å². The number of rotatable bonds is 8. The molecule has 1 atom stereocenters. The number of oxime groups is 1. The molecule has 8 heteroatoms. The fraction of sp³-hybridized carbons (Fsp3) is 0.138. The Morgan fingerprint density at radius 2 is 1.38 bits per heavy atom. The van der Waals surface area contributed by atoms with E-state index in [1.807, 2.05) is 67.6 Å². The van der Waals surface area contributed by atoms with Crippen molar-refractivity contribution in [3.8, 4) is 11.1 Å². The molecule has 37 heavy (non-hydrogen) atoms. The predicted octanol–water partition coefficient (Wildman–Crippen LogP) is 5.65. The molecule has 0 bridgehead atoms. The fourth-order valence-electron chi connectivity index (χ4n) is 4.43. The van der Waals surface area contributed by atoms with Gasteiger partial charge in [0.25, 0.3) is 10.0 Å². The largest absolute Gasteiger partial charge is 0.392 e. The lowest BCUT2D eigenvalue weighted by atomic mass is 10.1. The summed E-state index contributed by atoms with van der Waals surface area (Å²) in [5, 5.41) is 15.7. The molecule has 1 aliphatic rings. The highest BCUT2D eigenvalue weighted by Crippen LogP contribution is 2.36. The third kappa shape index (κ3) is 4.98. The molecular formula is C29H25ClN2O4S. The second kappa shape index (κ2) is 10.4. The minimum atomic E-state index is -3.99. The summed E-state index contributed by atoms with van der Waals surface area (Å²) in [5.74, 6) is 0. The molecule has 5 rings (SSSR count). The standard InChI is InChI=1S/C29H25ClN2O4S/c1-20-8-2-7-13-28(20)32(37(34,35)23-16-14-21(30)15-17-23)18-22(33)19-36-31-29-26-11-5-3-9-24(26)25-10-4-6-12-27(25)29/h2-17,22,33H,18-19H2,1H3. The van der Waals surface area contributed by atoms with Crippen molar-refractivity contribution in [2.45, 2.75) is 17.9 Å². The number of sulfonamides is 1. The monoisotopic (exact) mass is 532 g/mol. The van der Waals surface area contributed by atoms with Crippen LogP contribution in [0.4, 0.5) is 5.69 Å². The third-order valence-electron chi connectivity index (χ3n) is 6.24. The van der Waals surface area contributed by atoms with E-state index in [9.17, 15) is 13.5 Å². The van der Waals surface area contributed by atoms with Crippen LogP contribution >= 0.6 is 11.6 Å². The molecule has 0 radical (unpaired) electrons. The molecule has 4 aromatic carbocycles. The number of aliphatic hydroxyl groups is 1. The van der Waals surface area contributed by atoms with Gasteiger partial charge in [-0.3, -0.25) is 4.31 Å². The number of hydrogen-bond donors (Lipinski definition) is 1. The van der Waals surface area contributed by atoms with Crippen molar-refractivity contribution in [1.29, 1.82) is 0 Å². The summed E-state index contributed by atoms with van der Waals surface area (Å²) in [6, 6.07) is 28.9. The molecule has 0 amide bonds. The first kappa shape index (κ1) is 25.0. The van der Waals surface area contributed by atoms with Gasteiger partial charge in [0.2, 0.25) is 0 Å². The average molecular weight is 533 g/mol. The number of halogens is 1. The van der Waals surface area contributed by atoms with Crippen molar-refractivity contribution >= 4 is 33.0 Å². The number of anilines is 1. The number of aliphatic hydroxyl groups excluding tert-OH is 1. The first-order valence-electron chi connectivity index (χ1n) is 11.8. The van der Waals surface area contributed by atoms with E-state index in [1.165, 1.54) is 28.6 Å². The summed E-state index contributed by atoms with van der Waals surface area (Å²) in [5.41, 5.74) is 5.95. The third-order valence-corrected chi connectivity index (χ3v) is 8.29. The molecule has 188 valence electrons. The average Bonchev–Trinajstić information content (AvgIpc) is 3.22.